The molecule has 1 amide bonds. The number of nitrogens with zero attached hydrogens (tertiary/aromatic N) is 1. The van der Waals surface area contributed by atoms with Crippen LogP contribution in [0.4, 0.5) is 10.5 Å². The SMILES string of the molecule is CCOC(=O)N1c2ccccc2C(=O)C12CC2. The van der Waals surface area contributed by atoms with Gasteiger partial charge in [0.1, 0.15) is 5.54 Å². The highest BCUT2D eigenvalue weighted by Gasteiger charge is 2.62. The Morgan fingerprint density at radius 2 is 2.12 bits per heavy atom. The molecule has 1 heterocycles. The normalized spacial score (nSPS) is 19.4. The molecule has 17 heavy (non-hydrogen) atoms. The zero-order chi connectivity index (χ0) is 12.0. The Balaban J connectivity index is 2.08. The lowest BCUT2D eigenvalue weighted by molar-refractivity contribution is 0.0949. The van der Waals surface area contributed by atoms with Gasteiger partial charge in [0, 0.05) is 5.56 Å². The summed E-state index contributed by atoms with van der Waals surface area (Å²) in [6.07, 6.45) is 1.06. The summed E-state index contributed by atoms with van der Waals surface area (Å²) in [7, 11) is 0. The fourth-order valence-corrected chi connectivity index (χ4v) is 2.47. The summed E-state index contributed by atoms with van der Waals surface area (Å²) in [5, 5.41) is 0. The van der Waals surface area contributed by atoms with Crippen LogP contribution < -0.4 is 4.90 Å². The first-order valence-electron chi connectivity index (χ1n) is 5.81. The lowest BCUT2D eigenvalue weighted by Gasteiger charge is -2.22. The van der Waals surface area contributed by atoms with Gasteiger partial charge in [0.2, 0.25) is 0 Å². The van der Waals surface area contributed by atoms with Gasteiger partial charge in [-0.3, -0.25) is 9.69 Å². The van der Waals surface area contributed by atoms with Crippen LogP contribution in [0.1, 0.15) is 30.1 Å². The maximum atomic E-state index is 12.3. The van der Waals surface area contributed by atoms with Gasteiger partial charge in [0.25, 0.3) is 0 Å². The van der Waals surface area contributed by atoms with Crippen LogP contribution in [0.2, 0.25) is 0 Å². The molecule has 0 N–H and O–H groups in total. The van der Waals surface area contributed by atoms with E-state index in [0.717, 1.165) is 12.8 Å². The number of benzene rings is 1. The number of ketones is 1. The Bertz CT molecular complexity index is 505. The van der Waals surface area contributed by atoms with E-state index in [4.69, 9.17) is 4.74 Å². The molecular weight excluding hydrogens is 218 g/mol. The molecular formula is C13H13NO3. The molecule has 4 heteroatoms. The fourth-order valence-electron chi connectivity index (χ4n) is 2.47. The number of carbonyl (C=O) groups is 2. The summed E-state index contributed by atoms with van der Waals surface area (Å²) in [5.74, 6) is 0.0566. The largest absolute Gasteiger partial charge is 0.449 e. The molecule has 3 rings (SSSR count). The third-order valence-electron chi connectivity index (χ3n) is 3.41. The number of rotatable bonds is 1. The number of amides is 1. The van der Waals surface area contributed by atoms with E-state index in [1.165, 1.54) is 4.90 Å². The number of para-hydroxylation sites is 1. The summed E-state index contributed by atoms with van der Waals surface area (Å²) >= 11 is 0. The van der Waals surface area contributed by atoms with Gasteiger partial charge in [-0.05, 0) is 31.9 Å². The highest BCUT2D eigenvalue weighted by molar-refractivity contribution is 6.21. The monoisotopic (exact) mass is 231 g/mol. The second-order valence-corrected chi connectivity index (χ2v) is 4.41. The first kappa shape index (κ1) is 10.3. The van der Waals surface area contributed by atoms with Gasteiger partial charge in [-0.2, -0.15) is 0 Å². The van der Waals surface area contributed by atoms with E-state index < -0.39 is 11.6 Å². The van der Waals surface area contributed by atoms with Crippen molar-refractivity contribution >= 4 is 17.6 Å². The van der Waals surface area contributed by atoms with Crippen LogP contribution in [0.25, 0.3) is 0 Å². The Hall–Kier alpha value is -1.84. The van der Waals surface area contributed by atoms with Gasteiger partial charge in [-0.15, -0.1) is 0 Å². The van der Waals surface area contributed by atoms with E-state index in [1.54, 1.807) is 19.1 Å². The molecule has 88 valence electrons. The van der Waals surface area contributed by atoms with E-state index in [1.807, 2.05) is 12.1 Å². The van der Waals surface area contributed by atoms with Crippen molar-refractivity contribution in [3.8, 4) is 0 Å². The molecule has 4 nitrogen and oxygen atoms in total. The van der Waals surface area contributed by atoms with Crippen molar-refractivity contribution in [1.82, 2.24) is 0 Å². The van der Waals surface area contributed by atoms with Crippen LogP contribution in [-0.4, -0.2) is 24.0 Å². The molecule has 1 fully saturated rings. The molecule has 1 spiro atoms. The minimum atomic E-state index is -0.629. The quantitative estimate of drug-likeness (QED) is 0.745. The summed E-state index contributed by atoms with van der Waals surface area (Å²) in [6, 6.07) is 7.23. The number of Topliss-reactive ketones (excluding diaryl/α,β-unsaturated/α-hetero) is 1. The highest BCUT2D eigenvalue weighted by Crippen LogP contribution is 2.53. The topological polar surface area (TPSA) is 46.6 Å². The van der Waals surface area contributed by atoms with Crippen molar-refractivity contribution in [2.24, 2.45) is 0 Å². The summed E-state index contributed by atoms with van der Waals surface area (Å²) in [6.45, 7) is 2.09. The van der Waals surface area contributed by atoms with Crippen LogP contribution in [-0.2, 0) is 4.74 Å². The zero-order valence-corrected chi connectivity index (χ0v) is 9.60. The highest BCUT2D eigenvalue weighted by atomic mass is 16.6. The third kappa shape index (κ3) is 1.24. The van der Waals surface area contributed by atoms with Gasteiger partial charge in [-0.1, -0.05) is 12.1 Å². The number of carbonyl (C=O) groups excluding carboxylic acids is 2. The van der Waals surface area contributed by atoms with E-state index in [-0.39, 0.29) is 5.78 Å². The second kappa shape index (κ2) is 3.32. The average Bonchev–Trinajstić information content (AvgIpc) is 3.06. The molecule has 1 aromatic carbocycles. The summed E-state index contributed by atoms with van der Waals surface area (Å²) < 4.78 is 5.04. The van der Waals surface area contributed by atoms with Crippen LogP contribution in [0.5, 0.6) is 0 Å². The number of ether oxygens (including phenoxy) is 1. The van der Waals surface area contributed by atoms with Gasteiger partial charge < -0.3 is 4.74 Å². The predicted molar refractivity (Wildman–Crippen MR) is 62.2 cm³/mol. The van der Waals surface area contributed by atoms with Gasteiger partial charge >= 0.3 is 6.09 Å². The second-order valence-electron chi connectivity index (χ2n) is 4.41. The van der Waals surface area contributed by atoms with Crippen LogP contribution >= 0.6 is 0 Å². The number of fused-ring (bicyclic) bond motifs is 1. The van der Waals surface area contributed by atoms with Gasteiger partial charge in [0.05, 0.1) is 12.3 Å². The summed E-state index contributed by atoms with van der Waals surface area (Å²) in [4.78, 5) is 25.7. The zero-order valence-electron chi connectivity index (χ0n) is 9.60. The van der Waals surface area contributed by atoms with Crippen molar-refractivity contribution < 1.29 is 14.3 Å². The van der Waals surface area contributed by atoms with Gasteiger partial charge in [0.15, 0.2) is 5.78 Å². The summed E-state index contributed by atoms with van der Waals surface area (Å²) in [5.41, 5.74) is 0.696. The molecule has 0 saturated heterocycles. The Labute approximate surface area is 99.2 Å². The molecule has 0 atom stereocenters. The molecule has 1 aromatic rings. The Morgan fingerprint density at radius 1 is 1.41 bits per heavy atom. The molecule has 1 aliphatic carbocycles. The number of hydrogen-bond donors (Lipinski definition) is 0. The molecule has 2 aliphatic rings. The Morgan fingerprint density at radius 3 is 2.76 bits per heavy atom. The third-order valence-corrected chi connectivity index (χ3v) is 3.41. The van der Waals surface area contributed by atoms with Crippen LogP contribution in [0, 0.1) is 0 Å². The smallest absolute Gasteiger partial charge is 0.415 e. The maximum Gasteiger partial charge on any atom is 0.415 e. The number of hydrogen-bond acceptors (Lipinski definition) is 3. The molecule has 0 unspecified atom stereocenters. The minimum Gasteiger partial charge on any atom is -0.449 e. The lowest BCUT2D eigenvalue weighted by Crippen LogP contribution is -2.42. The average molecular weight is 231 g/mol. The van der Waals surface area contributed by atoms with Crippen molar-refractivity contribution in [3.63, 3.8) is 0 Å². The lowest BCUT2D eigenvalue weighted by atomic mass is 10.1. The van der Waals surface area contributed by atoms with E-state index in [9.17, 15) is 9.59 Å². The van der Waals surface area contributed by atoms with Crippen LogP contribution in [0.15, 0.2) is 24.3 Å². The fraction of sp³-hybridized carbons (Fsp3) is 0.385. The molecule has 1 aliphatic heterocycles. The maximum absolute atomic E-state index is 12.3. The molecule has 1 saturated carbocycles. The van der Waals surface area contributed by atoms with Crippen molar-refractivity contribution in [2.45, 2.75) is 25.3 Å². The first-order chi connectivity index (χ1) is 8.20. The standard InChI is InChI=1S/C13H13NO3/c1-2-17-12(16)14-10-6-4-3-5-9(10)11(15)13(14)7-8-13/h3-6H,2,7-8H2,1H3. The van der Waals surface area contributed by atoms with E-state index in [0.29, 0.717) is 17.9 Å². The molecule has 0 radical (unpaired) electrons. The van der Waals surface area contributed by atoms with Gasteiger partial charge in [-0.25, -0.2) is 4.79 Å². The van der Waals surface area contributed by atoms with Crippen molar-refractivity contribution in [1.29, 1.82) is 0 Å². The number of anilines is 1. The van der Waals surface area contributed by atoms with Crippen LogP contribution in [0.3, 0.4) is 0 Å². The van der Waals surface area contributed by atoms with Crippen molar-refractivity contribution in [3.05, 3.63) is 29.8 Å². The van der Waals surface area contributed by atoms with E-state index in [2.05, 4.69) is 0 Å². The minimum absolute atomic E-state index is 0.0566. The first-order valence-corrected chi connectivity index (χ1v) is 5.81. The predicted octanol–water partition coefficient (Wildman–Crippen LogP) is 2.38. The van der Waals surface area contributed by atoms with E-state index >= 15 is 0 Å². The molecule has 0 aromatic heterocycles. The van der Waals surface area contributed by atoms with Crippen molar-refractivity contribution in [2.75, 3.05) is 11.5 Å². The Kier molecular flexibility index (Phi) is 2.02. The molecule has 0 bridgehead atoms.